The lowest BCUT2D eigenvalue weighted by molar-refractivity contribution is -0.134. The highest BCUT2D eigenvalue weighted by atomic mass is 16.5. The van der Waals surface area contributed by atoms with Gasteiger partial charge in [-0.1, -0.05) is 6.92 Å². The van der Waals surface area contributed by atoms with Crippen molar-refractivity contribution in [3.8, 4) is 17.2 Å². The van der Waals surface area contributed by atoms with Gasteiger partial charge in [0.15, 0.2) is 11.5 Å². The number of carbonyl (C=O) groups excluding carboxylic acids is 2. The summed E-state index contributed by atoms with van der Waals surface area (Å²) in [5, 5.41) is 0. The highest BCUT2D eigenvalue weighted by Crippen LogP contribution is 2.38. The maximum absolute atomic E-state index is 12.6. The minimum Gasteiger partial charge on any atom is -0.493 e. The number of carbonyl (C=O) groups is 2. The molecule has 160 valence electrons. The van der Waals surface area contributed by atoms with Crippen LogP contribution in [0, 0.1) is 0 Å². The Labute approximate surface area is 176 Å². The Morgan fingerprint density at radius 3 is 2.30 bits per heavy atom. The third kappa shape index (κ3) is 4.35. The molecule has 0 aliphatic carbocycles. The first-order valence-corrected chi connectivity index (χ1v) is 9.87. The zero-order valence-corrected chi connectivity index (χ0v) is 17.8. The Bertz CT molecular complexity index is 909. The lowest BCUT2D eigenvalue weighted by atomic mass is 9.92. The number of rotatable bonds is 7. The first-order valence-electron chi connectivity index (χ1n) is 9.87. The van der Waals surface area contributed by atoms with E-state index in [-0.39, 0.29) is 18.6 Å². The molecule has 0 fully saturated rings. The Balaban J connectivity index is 1.87. The molecule has 0 saturated carbocycles. The van der Waals surface area contributed by atoms with Gasteiger partial charge in [-0.2, -0.15) is 0 Å². The number of methoxy groups -OCH3 is 3. The van der Waals surface area contributed by atoms with Crippen molar-refractivity contribution < 1.29 is 28.5 Å². The van der Waals surface area contributed by atoms with Crippen molar-refractivity contribution in [2.45, 2.75) is 25.8 Å². The molecule has 1 amide bonds. The number of hydrogen-bond donors (Lipinski definition) is 0. The monoisotopic (exact) mass is 413 g/mol. The van der Waals surface area contributed by atoms with Crippen molar-refractivity contribution in [3.63, 3.8) is 0 Å². The van der Waals surface area contributed by atoms with E-state index in [2.05, 4.69) is 0 Å². The van der Waals surface area contributed by atoms with Crippen LogP contribution >= 0.6 is 0 Å². The minimum absolute atomic E-state index is 0.0741. The zero-order valence-electron chi connectivity index (χ0n) is 17.8. The number of amides is 1. The summed E-state index contributed by atoms with van der Waals surface area (Å²) in [4.78, 5) is 26.1. The topological polar surface area (TPSA) is 74.3 Å². The molecular formula is C23H27NO6. The summed E-state index contributed by atoms with van der Waals surface area (Å²) >= 11 is 0. The molecule has 0 unspecified atom stereocenters. The average Bonchev–Trinajstić information content (AvgIpc) is 2.80. The number of hydrogen-bond acceptors (Lipinski definition) is 6. The van der Waals surface area contributed by atoms with Gasteiger partial charge in [0.05, 0.1) is 32.9 Å². The molecule has 0 spiro atoms. The van der Waals surface area contributed by atoms with Gasteiger partial charge in [-0.15, -0.1) is 0 Å². The zero-order chi connectivity index (χ0) is 21.7. The fraction of sp³-hybridized carbons (Fsp3) is 0.391. The predicted molar refractivity (Wildman–Crippen MR) is 111 cm³/mol. The number of fused-ring (bicyclic) bond motifs is 1. The summed E-state index contributed by atoms with van der Waals surface area (Å²) in [6, 6.07) is 10.4. The van der Waals surface area contributed by atoms with Crippen LogP contribution < -0.4 is 14.2 Å². The first-order chi connectivity index (χ1) is 14.5. The van der Waals surface area contributed by atoms with Crippen LogP contribution in [0.15, 0.2) is 36.4 Å². The van der Waals surface area contributed by atoms with Gasteiger partial charge < -0.3 is 23.8 Å². The highest BCUT2D eigenvalue weighted by Gasteiger charge is 2.32. The molecule has 1 aliphatic rings. The predicted octanol–water partition coefficient (Wildman–Crippen LogP) is 3.41. The van der Waals surface area contributed by atoms with Crippen molar-refractivity contribution in [1.29, 1.82) is 0 Å². The van der Waals surface area contributed by atoms with E-state index in [9.17, 15) is 9.59 Å². The molecule has 7 heteroatoms. The maximum atomic E-state index is 12.6. The first kappa shape index (κ1) is 21.5. The molecule has 0 aromatic heterocycles. The van der Waals surface area contributed by atoms with Gasteiger partial charge in [-0.05, 0) is 53.9 Å². The molecule has 0 saturated heterocycles. The van der Waals surface area contributed by atoms with Crippen LogP contribution in [0.1, 0.15) is 40.9 Å². The average molecular weight is 413 g/mol. The second-order valence-electron chi connectivity index (χ2n) is 6.94. The summed E-state index contributed by atoms with van der Waals surface area (Å²) in [7, 11) is 4.55. The summed E-state index contributed by atoms with van der Waals surface area (Å²) in [6.45, 7) is 2.76. The Morgan fingerprint density at radius 1 is 1.03 bits per heavy atom. The molecule has 3 rings (SSSR count). The Hall–Kier alpha value is -3.22. The fourth-order valence-electron chi connectivity index (χ4n) is 3.69. The standard InChI is InChI=1S/C23H27NO6/c1-5-22(25)24-11-10-16-12-20(27-2)21(28-3)13-18(16)19(24)14-30-17-8-6-15(7-9-17)23(26)29-4/h6-9,12-13,19H,5,10-11,14H2,1-4H3/t19-/m1/s1. The molecule has 0 N–H and O–H groups in total. The molecule has 1 heterocycles. The SMILES string of the molecule is CCC(=O)N1CCc2cc(OC)c(OC)cc2[C@H]1COc1ccc(C(=O)OC)cc1. The molecule has 1 aliphatic heterocycles. The van der Waals surface area contributed by atoms with Crippen LogP contribution in [0.5, 0.6) is 17.2 Å². The van der Waals surface area contributed by atoms with E-state index in [4.69, 9.17) is 18.9 Å². The Kier molecular flexibility index (Phi) is 6.82. The molecule has 7 nitrogen and oxygen atoms in total. The van der Waals surface area contributed by atoms with E-state index >= 15 is 0 Å². The van der Waals surface area contributed by atoms with Crippen LogP contribution in [0.3, 0.4) is 0 Å². The number of nitrogens with zero attached hydrogens (tertiary/aromatic N) is 1. The lowest BCUT2D eigenvalue weighted by Crippen LogP contribution is -2.42. The van der Waals surface area contributed by atoms with E-state index in [1.807, 2.05) is 24.0 Å². The van der Waals surface area contributed by atoms with E-state index in [1.54, 1.807) is 38.5 Å². The third-order valence-corrected chi connectivity index (χ3v) is 5.31. The van der Waals surface area contributed by atoms with Crippen molar-refractivity contribution >= 4 is 11.9 Å². The van der Waals surface area contributed by atoms with Crippen molar-refractivity contribution in [2.24, 2.45) is 0 Å². The van der Waals surface area contributed by atoms with Gasteiger partial charge in [0.25, 0.3) is 0 Å². The smallest absolute Gasteiger partial charge is 0.337 e. The summed E-state index contributed by atoms with van der Waals surface area (Å²) < 4.78 is 21.6. The molecule has 2 aromatic rings. The third-order valence-electron chi connectivity index (χ3n) is 5.31. The number of benzene rings is 2. The summed E-state index contributed by atoms with van der Waals surface area (Å²) in [5.74, 6) is 1.58. The number of ether oxygens (including phenoxy) is 4. The highest BCUT2D eigenvalue weighted by molar-refractivity contribution is 5.89. The molecule has 30 heavy (non-hydrogen) atoms. The van der Waals surface area contributed by atoms with Crippen molar-refractivity contribution in [2.75, 3.05) is 34.5 Å². The van der Waals surface area contributed by atoms with Gasteiger partial charge in [0, 0.05) is 13.0 Å². The molecule has 2 aromatic carbocycles. The second-order valence-corrected chi connectivity index (χ2v) is 6.94. The van der Waals surface area contributed by atoms with Crippen LogP contribution in [0.25, 0.3) is 0 Å². The lowest BCUT2D eigenvalue weighted by Gasteiger charge is -2.37. The molecule has 0 bridgehead atoms. The van der Waals surface area contributed by atoms with Gasteiger partial charge in [0.1, 0.15) is 12.4 Å². The Morgan fingerprint density at radius 2 is 1.70 bits per heavy atom. The minimum atomic E-state index is -0.400. The van der Waals surface area contributed by atoms with Crippen LogP contribution in [0.4, 0.5) is 0 Å². The van der Waals surface area contributed by atoms with Crippen LogP contribution in [-0.4, -0.2) is 51.3 Å². The van der Waals surface area contributed by atoms with Crippen LogP contribution in [0.2, 0.25) is 0 Å². The van der Waals surface area contributed by atoms with Crippen molar-refractivity contribution in [3.05, 3.63) is 53.1 Å². The molecule has 0 radical (unpaired) electrons. The fourth-order valence-corrected chi connectivity index (χ4v) is 3.69. The van der Waals surface area contributed by atoms with E-state index < -0.39 is 5.97 Å². The maximum Gasteiger partial charge on any atom is 0.337 e. The van der Waals surface area contributed by atoms with Gasteiger partial charge in [-0.25, -0.2) is 4.79 Å². The second kappa shape index (κ2) is 9.52. The van der Waals surface area contributed by atoms with E-state index in [0.29, 0.717) is 35.8 Å². The summed E-state index contributed by atoms with van der Waals surface area (Å²) in [6.07, 6.45) is 1.17. The largest absolute Gasteiger partial charge is 0.493 e. The van der Waals surface area contributed by atoms with Crippen LogP contribution in [-0.2, 0) is 16.0 Å². The molecule has 1 atom stereocenters. The van der Waals surface area contributed by atoms with Gasteiger partial charge >= 0.3 is 5.97 Å². The van der Waals surface area contributed by atoms with Gasteiger partial charge in [0.2, 0.25) is 5.91 Å². The van der Waals surface area contributed by atoms with Crippen molar-refractivity contribution in [1.82, 2.24) is 4.90 Å². The summed E-state index contributed by atoms with van der Waals surface area (Å²) in [5.41, 5.74) is 2.56. The quantitative estimate of drug-likeness (QED) is 0.648. The normalized spacial score (nSPS) is 15.2. The van der Waals surface area contributed by atoms with E-state index in [1.165, 1.54) is 7.11 Å². The van der Waals surface area contributed by atoms with Gasteiger partial charge in [-0.3, -0.25) is 4.79 Å². The molecular weight excluding hydrogens is 386 g/mol. The number of esters is 1. The van der Waals surface area contributed by atoms with E-state index in [0.717, 1.165) is 17.5 Å².